The van der Waals surface area contributed by atoms with Crippen LogP contribution in [0.4, 0.5) is 0 Å². The number of amides is 1. The normalized spacial score (nSPS) is 16.5. The van der Waals surface area contributed by atoms with E-state index in [1.807, 2.05) is 31.2 Å². The number of morpholine rings is 1. The topological polar surface area (TPSA) is 75.7 Å². The largest absolute Gasteiger partial charge is 0.379 e. The fourth-order valence-corrected chi connectivity index (χ4v) is 5.16. The van der Waals surface area contributed by atoms with E-state index in [9.17, 15) is 13.2 Å². The lowest BCUT2D eigenvalue weighted by atomic mass is 10.1. The minimum atomic E-state index is -3.67. The summed E-state index contributed by atoms with van der Waals surface area (Å²) in [4.78, 5) is 12.9. The van der Waals surface area contributed by atoms with Gasteiger partial charge in [0.2, 0.25) is 10.0 Å². The molecule has 0 saturated carbocycles. The van der Waals surface area contributed by atoms with E-state index in [0.29, 0.717) is 37.4 Å². The second-order valence-electron chi connectivity index (χ2n) is 6.75. The van der Waals surface area contributed by atoms with Gasteiger partial charge in [0.05, 0.1) is 24.2 Å². The van der Waals surface area contributed by atoms with Gasteiger partial charge in [0.1, 0.15) is 0 Å². The van der Waals surface area contributed by atoms with Gasteiger partial charge in [-0.3, -0.25) is 4.79 Å². The Bertz CT molecular complexity index is 972. The van der Waals surface area contributed by atoms with Crippen LogP contribution in [0.15, 0.2) is 51.8 Å². The molecule has 2 aromatic rings. The van der Waals surface area contributed by atoms with E-state index in [2.05, 4.69) is 21.2 Å². The average Bonchev–Trinajstić information content (AvgIpc) is 2.68. The molecular formula is C20H23BrN2O4S. The summed E-state index contributed by atoms with van der Waals surface area (Å²) in [6, 6.07) is 12.3. The van der Waals surface area contributed by atoms with Crippen molar-refractivity contribution in [2.45, 2.75) is 24.8 Å². The third kappa shape index (κ3) is 4.63. The Morgan fingerprint density at radius 2 is 1.89 bits per heavy atom. The van der Waals surface area contributed by atoms with Gasteiger partial charge in [-0.15, -0.1) is 0 Å². The van der Waals surface area contributed by atoms with Crippen molar-refractivity contribution in [3.8, 4) is 0 Å². The number of carbonyl (C=O) groups excluding carboxylic acids is 1. The summed E-state index contributed by atoms with van der Waals surface area (Å²) in [6.07, 6.45) is 0. The molecule has 1 unspecified atom stereocenters. The Morgan fingerprint density at radius 3 is 2.57 bits per heavy atom. The third-order valence-corrected chi connectivity index (χ3v) is 7.27. The summed E-state index contributed by atoms with van der Waals surface area (Å²) in [5, 5.41) is 2.93. The zero-order chi connectivity index (χ0) is 20.3. The van der Waals surface area contributed by atoms with Crippen molar-refractivity contribution in [3.05, 3.63) is 63.6 Å². The maximum Gasteiger partial charge on any atom is 0.251 e. The van der Waals surface area contributed by atoms with Crippen LogP contribution in [-0.4, -0.2) is 44.9 Å². The number of rotatable bonds is 5. The maximum atomic E-state index is 13.0. The molecule has 1 saturated heterocycles. The molecule has 1 aliphatic heterocycles. The number of hydrogen-bond donors (Lipinski definition) is 1. The fourth-order valence-electron chi connectivity index (χ4n) is 3.08. The second kappa shape index (κ2) is 8.73. The number of sulfonamides is 1. The van der Waals surface area contributed by atoms with Gasteiger partial charge in [-0.05, 0) is 49.2 Å². The molecule has 1 N–H and O–H groups in total. The zero-order valence-corrected chi connectivity index (χ0v) is 18.2. The van der Waals surface area contributed by atoms with Crippen molar-refractivity contribution in [1.29, 1.82) is 0 Å². The standard InChI is InChI=1S/C20H23BrN2O4S/c1-14-6-7-17(13-19(14)28(25,26)23-8-10-27-11-9-23)20(24)22-15(2)16-4-3-5-18(21)12-16/h3-7,12-13,15H,8-11H2,1-2H3,(H,22,24). The predicted octanol–water partition coefficient (Wildman–Crippen LogP) is 3.27. The van der Waals surface area contributed by atoms with Crippen LogP contribution in [0.25, 0.3) is 0 Å². The number of hydrogen-bond acceptors (Lipinski definition) is 4. The minimum Gasteiger partial charge on any atom is -0.379 e. The molecule has 1 atom stereocenters. The van der Waals surface area contributed by atoms with Gasteiger partial charge in [-0.2, -0.15) is 4.31 Å². The first-order valence-corrected chi connectivity index (χ1v) is 11.3. The lowest BCUT2D eigenvalue weighted by molar-refractivity contribution is 0.0730. The number of benzene rings is 2. The van der Waals surface area contributed by atoms with Crippen LogP contribution < -0.4 is 5.32 Å². The Kier molecular flexibility index (Phi) is 6.54. The van der Waals surface area contributed by atoms with Crippen LogP contribution in [0.2, 0.25) is 0 Å². The molecule has 1 aliphatic rings. The molecule has 8 heteroatoms. The minimum absolute atomic E-state index is 0.164. The van der Waals surface area contributed by atoms with Gasteiger partial charge in [-0.25, -0.2) is 8.42 Å². The van der Waals surface area contributed by atoms with Crippen molar-refractivity contribution < 1.29 is 17.9 Å². The highest BCUT2D eigenvalue weighted by molar-refractivity contribution is 9.10. The molecule has 0 radical (unpaired) electrons. The molecule has 0 spiro atoms. The van der Waals surface area contributed by atoms with Gasteiger partial charge in [-0.1, -0.05) is 34.1 Å². The van der Waals surface area contributed by atoms with Crippen LogP contribution in [0.1, 0.15) is 34.5 Å². The Labute approximate surface area is 174 Å². The molecule has 1 amide bonds. The molecule has 150 valence electrons. The summed E-state index contributed by atoms with van der Waals surface area (Å²) >= 11 is 3.43. The molecule has 0 aromatic heterocycles. The van der Waals surface area contributed by atoms with Gasteiger partial charge in [0.15, 0.2) is 0 Å². The summed E-state index contributed by atoms with van der Waals surface area (Å²) in [5.41, 5.74) is 1.89. The molecule has 28 heavy (non-hydrogen) atoms. The summed E-state index contributed by atoms with van der Waals surface area (Å²) in [5.74, 6) is -0.314. The van der Waals surface area contributed by atoms with E-state index < -0.39 is 10.0 Å². The van der Waals surface area contributed by atoms with E-state index in [1.54, 1.807) is 19.1 Å². The summed E-state index contributed by atoms with van der Waals surface area (Å²) in [6.45, 7) is 5.01. The van der Waals surface area contributed by atoms with Gasteiger partial charge in [0.25, 0.3) is 5.91 Å². The van der Waals surface area contributed by atoms with Crippen molar-refractivity contribution in [1.82, 2.24) is 9.62 Å². The van der Waals surface area contributed by atoms with E-state index >= 15 is 0 Å². The molecule has 3 rings (SSSR count). The van der Waals surface area contributed by atoms with Crippen molar-refractivity contribution >= 4 is 31.9 Å². The summed E-state index contributed by atoms with van der Waals surface area (Å²) < 4.78 is 33.6. The highest BCUT2D eigenvalue weighted by atomic mass is 79.9. The second-order valence-corrected chi connectivity index (χ2v) is 9.57. The molecule has 0 bridgehead atoms. The molecule has 6 nitrogen and oxygen atoms in total. The Balaban J connectivity index is 1.83. The first-order chi connectivity index (χ1) is 13.3. The number of halogens is 1. The van der Waals surface area contributed by atoms with Crippen LogP contribution in [0.3, 0.4) is 0 Å². The molecule has 0 aliphatic carbocycles. The quantitative estimate of drug-likeness (QED) is 0.733. The monoisotopic (exact) mass is 466 g/mol. The number of nitrogens with one attached hydrogen (secondary N) is 1. The van der Waals surface area contributed by atoms with Crippen LogP contribution in [-0.2, 0) is 14.8 Å². The predicted molar refractivity (Wildman–Crippen MR) is 111 cm³/mol. The fraction of sp³-hybridized carbons (Fsp3) is 0.350. The van der Waals surface area contributed by atoms with Crippen LogP contribution >= 0.6 is 15.9 Å². The van der Waals surface area contributed by atoms with Crippen molar-refractivity contribution in [2.75, 3.05) is 26.3 Å². The number of ether oxygens (including phenoxy) is 1. The number of aryl methyl sites for hydroxylation is 1. The van der Waals surface area contributed by atoms with Crippen molar-refractivity contribution in [2.24, 2.45) is 0 Å². The highest BCUT2D eigenvalue weighted by Crippen LogP contribution is 2.23. The maximum absolute atomic E-state index is 13.0. The summed E-state index contributed by atoms with van der Waals surface area (Å²) in [7, 11) is -3.67. The van der Waals surface area contributed by atoms with E-state index in [-0.39, 0.29) is 16.8 Å². The molecule has 2 aromatic carbocycles. The lowest BCUT2D eigenvalue weighted by Gasteiger charge is -2.26. The first kappa shape index (κ1) is 21.0. The van der Waals surface area contributed by atoms with Crippen molar-refractivity contribution in [3.63, 3.8) is 0 Å². The van der Waals surface area contributed by atoms with Crippen LogP contribution in [0.5, 0.6) is 0 Å². The van der Waals surface area contributed by atoms with E-state index in [4.69, 9.17) is 4.74 Å². The highest BCUT2D eigenvalue weighted by Gasteiger charge is 2.28. The Hall–Kier alpha value is -1.74. The third-order valence-electron chi connectivity index (χ3n) is 4.73. The average molecular weight is 467 g/mol. The number of nitrogens with zero attached hydrogens (tertiary/aromatic N) is 1. The number of carbonyl (C=O) groups is 1. The molecule has 1 fully saturated rings. The van der Waals surface area contributed by atoms with Gasteiger partial charge < -0.3 is 10.1 Å². The first-order valence-electron chi connectivity index (χ1n) is 9.04. The van der Waals surface area contributed by atoms with Crippen LogP contribution in [0, 0.1) is 6.92 Å². The Morgan fingerprint density at radius 1 is 1.18 bits per heavy atom. The van der Waals surface area contributed by atoms with Gasteiger partial charge >= 0.3 is 0 Å². The smallest absolute Gasteiger partial charge is 0.251 e. The lowest BCUT2D eigenvalue weighted by Crippen LogP contribution is -2.41. The SMILES string of the molecule is Cc1ccc(C(=O)NC(C)c2cccc(Br)c2)cc1S(=O)(=O)N1CCOCC1. The van der Waals surface area contributed by atoms with E-state index in [0.717, 1.165) is 10.0 Å². The zero-order valence-electron chi connectivity index (χ0n) is 15.8. The van der Waals surface area contributed by atoms with E-state index in [1.165, 1.54) is 10.4 Å². The molecular weight excluding hydrogens is 444 g/mol. The van der Waals surface area contributed by atoms with Gasteiger partial charge in [0, 0.05) is 23.1 Å². The molecule has 1 heterocycles.